The number of hydrogen-bond donors (Lipinski definition) is 1. The molecule has 0 aliphatic heterocycles. The lowest BCUT2D eigenvalue weighted by Crippen LogP contribution is -2.28. The summed E-state index contributed by atoms with van der Waals surface area (Å²) < 4.78 is 14.0. The van der Waals surface area contributed by atoms with Gasteiger partial charge in [-0.2, -0.15) is 0 Å². The zero-order valence-electron chi connectivity index (χ0n) is 17.0. The van der Waals surface area contributed by atoms with Gasteiger partial charge in [-0.15, -0.1) is 0 Å². The third kappa shape index (κ3) is 4.20. The molecule has 30 heavy (non-hydrogen) atoms. The average molecular weight is 446 g/mol. The molecule has 7 nitrogen and oxygen atoms in total. The Morgan fingerprint density at radius 3 is 2.67 bits per heavy atom. The third-order valence-corrected chi connectivity index (χ3v) is 7.77. The summed E-state index contributed by atoms with van der Waals surface area (Å²) in [6.45, 7) is 4.89. The van der Waals surface area contributed by atoms with Crippen molar-refractivity contribution in [2.75, 3.05) is 11.1 Å². The number of hydrogen-bond acceptors (Lipinski definition) is 6. The normalized spacial score (nSPS) is 16.9. The molecule has 1 N–H and O–H groups in total. The minimum absolute atomic E-state index is 0.109. The van der Waals surface area contributed by atoms with E-state index in [1.807, 2.05) is 6.92 Å². The number of nitrogens with one attached hydrogen (secondary N) is 1. The van der Waals surface area contributed by atoms with Gasteiger partial charge in [-0.1, -0.05) is 25.4 Å². The molecule has 1 aliphatic carbocycles. The first-order valence-corrected chi connectivity index (χ1v) is 12.1. The third-order valence-electron chi connectivity index (χ3n) is 5.53. The van der Waals surface area contributed by atoms with Crippen molar-refractivity contribution >= 4 is 44.0 Å². The van der Waals surface area contributed by atoms with Crippen molar-refractivity contribution < 1.29 is 4.21 Å². The van der Waals surface area contributed by atoms with Gasteiger partial charge >= 0.3 is 0 Å². The number of rotatable bonds is 7. The van der Waals surface area contributed by atoms with Gasteiger partial charge in [0.05, 0.1) is 12.2 Å². The molecule has 3 heterocycles. The Kier molecular flexibility index (Phi) is 5.32. The molecule has 0 aromatic carbocycles. The molecule has 3 aromatic rings. The summed E-state index contributed by atoms with van der Waals surface area (Å²) in [5.41, 5.74) is 1.69. The molecule has 9 heteroatoms. The Morgan fingerprint density at radius 2 is 2.03 bits per heavy atom. The summed E-state index contributed by atoms with van der Waals surface area (Å²) >= 11 is 6.06. The molecule has 0 amide bonds. The van der Waals surface area contributed by atoms with Gasteiger partial charge in [0, 0.05) is 23.4 Å². The van der Waals surface area contributed by atoms with E-state index in [0.29, 0.717) is 45.7 Å². The summed E-state index contributed by atoms with van der Waals surface area (Å²) in [5.74, 6) is 4.48. The van der Waals surface area contributed by atoms with E-state index >= 15 is 0 Å². The fourth-order valence-electron chi connectivity index (χ4n) is 3.19. The van der Waals surface area contributed by atoms with Gasteiger partial charge in [-0.25, -0.2) is 9.97 Å². The van der Waals surface area contributed by atoms with Crippen molar-refractivity contribution in [3.05, 3.63) is 51.7 Å². The van der Waals surface area contributed by atoms with Crippen LogP contribution in [0.4, 0.5) is 5.82 Å². The van der Waals surface area contributed by atoms with Crippen molar-refractivity contribution in [3.63, 3.8) is 0 Å². The monoisotopic (exact) mass is 445 g/mol. The predicted molar refractivity (Wildman–Crippen MR) is 122 cm³/mol. The second-order valence-corrected chi connectivity index (χ2v) is 11.1. The van der Waals surface area contributed by atoms with Crippen LogP contribution in [0.2, 0.25) is 5.15 Å². The molecule has 1 saturated carbocycles. The molecule has 0 bridgehead atoms. The summed E-state index contributed by atoms with van der Waals surface area (Å²) in [7, 11) is -2.30. The largest absolute Gasteiger partial charge is 0.360 e. The Hall–Kier alpha value is -2.45. The first-order chi connectivity index (χ1) is 14.2. The lowest BCUT2D eigenvalue weighted by molar-refractivity contribution is 0.463. The van der Waals surface area contributed by atoms with Gasteiger partial charge in [0.2, 0.25) is 0 Å². The van der Waals surface area contributed by atoms with E-state index in [0.717, 1.165) is 12.8 Å². The summed E-state index contributed by atoms with van der Waals surface area (Å²) in [4.78, 5) is 26.9. The highest BCUT2D eigenvalue weighted by atomic mass is 35.5. The predicted octanol–water partition coefficient (Wildman–Crippen LogP) is 3.35. The fraction of sp³-hybridized carbons (Fsp3) is 0.381. The number of anilines is 1. The zero-order valence-corrected chi connectivity index (χ0v) is 18.6. The van der Waals surface area contributed by atoms with E-state index in [1.165, 1.54) is 0 Å². The highest BCUT2D eigenvalue weighted by molar-refractivity contribution is 8.00. The van der Waals surface area contributed by atoms with Crippen LogP contribution in [0.3, 0.4) is 0 Å². The average Bonchev–Trinajstić information content (AvgIpc) is 3.46. The van der Waals surface area contributed by atoms with Crippen LogP contribution in [0.1, 0.15) is 32.4 Å². The minimum Gasteiger partial charge on any atom is -0.360 e. The molecule has 3 aromatic heterocycles. The highest BCUT2D eigenvalue weighted by Crippen LogP contribution is 2.46. The maximum atomic E-state index is 13.1. The van der Waals surface area contributed by atoms with Crippen molar-refractivity contribution in [1.82, 2.24) is 19.5 Å². The molecule has 0 saturated heterocycles. The Morgan fingerprint density at radius 1 is 1.27 bits per heavy atom. The van der Waals surface area contributed by atoms with Crippen LogP contribution >= 0.6 is 11.6 Å². The SMILES string of the molecule is C=S(=O)(CC)c1ccc(CNc2nc3ccc(Cl)nc3n(CC3(C)CC3)c2=O)nc1. The number of nitrogens with zero attached hydrogens (tertiary/aromatic N) is 4. The first-order valence-electron chi connectivity index (χ1n) is 9.82. The summed E-state index contributed by atoms with van der Waals surface area (Å²) in [5, 5.41) is 3.43. The molecule has 4 rings (SSSR count). The molecule has 1 fully saturated rings. The lowest BCUT2D eigenvalue weighted by atomic mass is 10.1. The quantitative estimate of drug-likeness (QED) is 0.443. The second kappa shape index (κ2) is 7.67. The van der Waals surface area contributed by atoms with Crippen LogP contribution in [0.25, 0.3) is 11.2 Å². The van der Waals surface area contributed by atoms with Crippen LogP contribution in [0.15, 0.2) is 40.2 Å². The Balaban J connectivity index is 1.64. The molecule has 1 unspecified atom stereocenters. The number of fused-ring (bicyclic) bond motifs is 1. The van der Waals surface area contributed by atoms with Gasteiger partial charge in [0.25, 0.3) is 5.56 Å². The molecular formula is C21H24ClN5O2S. The lowest BCUT2D eigenvalue weighted by Gasteiger charge is -2.15. The maximum absolute atomic E-state index is 13.1. The molecule has 0 spiro atoms. The number of halogens is 1. The maximum Gasteiger partial charge on any atom is 0.294 e. The van der Waals surface area contributed by atoms with Gasteiger partial charge < -0.3 is 5.32 Å². The van der Waals surface area contributed by atoms with E-state index < -0.39 is 9.52 Å². The molecular weight excluding hydrogens is 422 g/mol. The van der Waals surface area contributed by atoms with E-state index in [2.05, 4.69) is 33.1 Å². The van der Waals surface area contributed by atoms with Crippen LogP contribution in [-0.4, -0.2) is 35.4 Å². The van der Waals surface area contributed by atoms with Gasteiger partial charge in [-0.05, 0) is 57.9 Å². The van der Waals surface area contributed by atoms with E-state index in [9.17, 15) is 9.00 Å². The summed E-state index contributed by atoms with van der Waals surface area (Å²) in [6, 6.07) is 6.99. The fourth-order valence-corrected chi connectivity index (χ4v) is 4.22. The molecule has 0 radical (unpaired) electrons. The minimum atomic E-state index is -2.30. The molecule has 158 valence electrons. The van der Waals surface area contributed by atoms with Gasteiger partial charge in [-0.3, -0.25) is 18.6 Å². The molecule has 1 atom stereocenters. The van der Waals surface area contributed by atoms with Crippen molar-refractivity contribution in [3.8, 4) is 0 Å². The Labute approximate surface area is 180 Å². The first kappa shape index (κ1) is 20.8. The zero-order chi connectivity index (χ0) is 21.5. The summed E-state index contributed by atoms with van der Waals surface area (Å²) in [6.07, 6.45) is 3.74. The van der Waals surface area contributed by atoms with Crippen LogP contribution in [0.5, 0.6) is 0 Å². The van der Waals surface area contributed by atoms with Gasteiger partial charge in [0.15, 0.2) is 11.5 Å². The smallest absolute Gasteiger partial charge is 0.294 e. The van der Waals surface area contributed by atoms with Crippen molar-refractivity contribution in [2.24, 2.45) is 5.41 Å². The van der Waals surface area contributed by atoms with Crippen molar-refractivity contribution in [2.45, 2.75) is 44.7 Å². The molecule has 1 aliphatic rings. The van der Waals surface area contributed by atoms with Crippen LogP contribution in [0, 0.1) is 5.41 Å². The number of pyridine rings is 2. The standard InChI is InChI=1S/C21H24ClN5O2S/c1-4-30(3,29)15-6-5-14(23-12-15)11-24-18-20(28)27(13-21(2)9-10-21)19-16(25-18)7-8-17(22)26-19/h5-8,12H,3-4,9-11,13H2,1-2H3,(H,24,25). The highest BCUT2D eigenvalue weighted by Gasteiger charge is 2.38. The van der Waals surface area contributed by atoms with Crippen LogP contribution in [-0.2, 0) is 22.6 Å². The second-order valence-electron chi connectivity index (χ2n) is 8.08. The van der Waals surface area contributed by atoms with E-state index in [-0.39, 0.29) is 16.8 Å². The number of aromatic nitrogens is 4. The van der Waals surface area contributed by atoms with Gasteiger partial charge in [0.1, 0.15) is 10.7 Å². The topological polar surface area (TPSA) is 89.8 Å². The van der Waals surface area contributed by atoms with Crippen LogP contribution < -0.4 is 10.9 Å². The Bertz CT molecular complexity index is 1270. The van der Waals surface area contributed by atoms with Crippen molar-refractivity contribution in [1.29, 1.82) is 0 Å². The van der Waals surface area contributed by atoms with E-state index in [1.54, 1.807) is 35.0 Å². The van der Waals surface area contributed by atoms with E-state index in [4.69, 9.17) is 11.6 Å².